The second-order valence-corrected chi connectivity index (χ2v) is 11.9. The third-order valence-electron chi connectivity index (χ3n) is 8.30. The van der Waals surface area contributed by atoms with Gasteiger partial charge in [-0.25, -0.2) is 29.1 Å². The predicted molar refractivity (Wildman–Crippen MR) is 171 cm³/mol. The molecular weight excluding hydrogens is 679 g/mol. The number of rotatable bonds is 10. The van der Waals surface area contributed by atoms with Crippen LogP contribution in [0.3, 0.4) is 0 Å². The van der Waals surface area contributed by atoms with Crippen LogP contribution in [0.2, 0.25) is 0 Å². The lowest BCUT2D eigenvalue weighted by atomic mass is 10.0. The molecule has 2 fully saturated rings. The van der Waals surface area contributed by atoms with E-state index in [1.165, 1.54) is 55.4 Å². The van der Waals surface area contributed by atoms with Crippen molar-refractivity contribution in [2.24, 2.45) is 5.41 Å². The third kappa shape index (κ3) is 8.74. The highest BCUT2D eigenvalue weighted by Gasteiger charge is 2.54. The molecule has 262 valence electrons. The Hall–Kier alpha value is -6.11. The van der Waals surface area contributed by atoms with Gasteiger partial charge in [0.1, 0.15) is 29.8 Å². The van der Waals surface area contributed by atoms with Crippen LogP contribution in [0.15, 0.2) is 67.5 Å². The molecule has 0 bridgehead atoms. The van der Waals surface area contributed by atoms with Crippen molar-refractivity contribution in [2.75, 3.05) is 5.73 Å². The number of carbonyl (C=O) groups excluding carboxylic acids is 2. The van der Waals surface area contributed by atoms with Crippen molar-refractivity contribution in [2.45, 2.75) is 51.1 Å². The summed E-state index contributed by atoms with van der Waals surface area (Å²) in [5, 5.41) is 2.84. The molecule has 2 aromatic heterocycles. The highest BCUT2D eigenvalue weighted by atomic mass is 19.3. The van der Waals surface area contributed by atoms with Crippen LogP contribution in [-0.4, -0.2) is 57.2 Å². The minimum atomic E-state index is -3.27. The molecule has 2 heterocycles. The minimum Gasteiger partial charge on any atom is -0.457 e. The number of nitrogens with zero attached hydrogens (tertiary/aromatic N) is 4. The van der Waals surface area contributed by atoms with E-state index in [1.54, 1.807) is 0 Å². The Morgan fingerprint density at radius 2 is 1.57 bits per heavy atom. The molecule has 4 aromatic rings. The first-order chi connectivity index (χ1) is 24.5. The number of ether oxygens (including phenoxy) is 3. The molecule has 2 aliphatic carbocycles. The van der Waals surface area contributed by atoms with Gasteiger partial charge in [-0.3, -0.25) is 4.79 Å². The van der Waals surface area contributed by atoms with E-state index in [0.29, 0.717) is 18.4 Å². The Balaban J connectivity index is 1.21. The van der Waals surface area contributed by atoms with Crippen molar-refractivity contribution in [3.8, 4) is 23.3 Å². The van der Waals surface area contributed by atoms with Crippen LogP contribution in [0.25, 0.3) is 11.9 Å². The van der Waals surface area contributed by atoms with E-state index in [2.05, 4.69) is 46.6 Å². The Morgan fingerprint density at radius 3 is 2.25 bits per heavy atom. The maximum absolute atomic E-state index is 15.4. The molecule has 6 rings (SSSR count). The Kier molecular flexibility index (Phi) is 10.1. The van der Waals surface area contributed by atoms with E-state index >= 15 is 4.39 Å². The van der Waals surface area contributed by atoms with E-state index in [0.717, 1.165) is 31.1 Å². The van der Waals surface area contributed by atoms with Crippen LogP contribution in [0.5, 0.6) is 11.5 Å². The topological polar surface area (TPSA) is 151 Å². The molecule has 1 spiro atoms. The smallest absolute Gasteiger partial charge is 0.387 e. The minimum absolute atomic E-state index is 0.0000714. The van der Waals surface area contributed by atoms with Crippen molar-refractivity contribution in [1.82, 2.24) is 25.3 Å². The summed E-state index contributed by atoms with van der Waals surface area (Å²) in [6.07, 6.45) is 9.42. The third-order valence-corrected chi connectivity index (χ3v) is 8.30. The second kappa shape index (κ2) is 14.8. The van der Waals surface area contributed by atoms with E-state index < -0.39 is 54.4 Å². The van der Waals surface area contributed by atoms with Crippen LogP contribution in [0.4, 0.5) is 27.9 Å². The highest BCUT2D eigenvalue weighted by Crippen LogP contribution is 2.58. The fourth-order valence-electron chi connectivity index (χ4n) is 5.72. The number of hydrogen-bond acceptors (Lipinski definition) is 10. The maximum Gasteiger partial charge on any atom is 0.387 e. The lowest BCUT2D eigenvalue weighted by Crippen LogP contribution is -2.42. The molecule has 0 radical (unpaired) electrons. The monoisotopic (exact) mass is 706 g/mol. The van der Waals surface area contributed by atoms with Crippen LogP contribution < -0.4 is 20.5 Å². The molecule has 0 saturated heterocycles. The molecule has 0 unspecified atom stereocenters. The number of carbonyl (C=O) groups is 2. The number of hydrogen-bond donors (Lipinski definition) is 2. The van der Waals surface area contributed by atoms with Gasteiger partial charge >= 0.3 is 19.2 Å². The van der Waals surface area contributed by atoms with Gasteiger partial charge in [-0.05, 0) is 73.6 Å². The van der Waals surface area contributed by atoms with Crippen molar-refractivity contribution >= 4 is 29.7 Å². The summed E-state index contributed by atoms with van der Waals surface area (Å²) in [5.41, 5.74) is 5.37. The van der Waals surface area contributed by atoms with Gasteiger partial charge in [-0.2, -0.15) is 17.6 Å². The normalized spacial score (nSPS) is 17.5. The average Bonchev–Trinajstić information content (AvgIpc) is 3.78. The number of aromatic nitrogens is 4. The van der Waals surface area contributed by atoms with Crippen LogP contribution in [0, 0.1) is 17.3 Å². The zero-order valence-electron chi connectivity index (χ0n) is 26.4. The summed E-state index contributed by atoms with van der Waals surface area (Å²) in [6, 6.07) is 6.35. The molecule has 2 saturated carbocycles. The molecule has 2 aliphatic rings. The van der Waals surface area contributed by atoms with Crippen molar-refractivity contribution in [1.29, 1.82) is 0 Å². The maximum atomic E-state index is 15.4. The first kappa shape index (κ1) is 34.7. The highest BCUT2D eigenvalue weighted by molar-refractivity contribution is 5.96. The van der Waals surface area contributed by atoms with E-state index in [4.69, 9.17) is 10.5 Å². The molecule has 16 heteroatoms. The Bertz CT molecular complexity index is 2020. The molecular formula is C35H27F5N6O5. The van der Waals surface area contributed by atoms with Gasteiger partial charge in [0.25, 0.3) is 5.91 Å². The zero-order valence-corrected chi connectivity index (χ0v) is 26.4. The lowest BCUT2D eigenvalue weighted by molar-refractivity contribution is -0.0507. The summed E-state index contributed by atoms with van der Waals surface area (Å²) >= 11 is 0. The molecule has 3 N–H and O–H groups in total. The molecule has 1 amide bonds. The molecule has 0 aliphatic heterocycles. The zero-order chi connectivity index (χ0) is 36.1. The summed E-state index contributed by atoms with van der Waals surface area (Å²) in [5.74, 6) is 2.13. The number of nitrogen functional groups attached to an aromatic ring is 1. The number of benzene rings is 2. The van der Waals surface area contributed by atoms with Gasteiger partial charge in [0, 0.05) is 35.9 Å². The number of anilines is 1. The van der Waals surface area contributed by atoms with E-state index in [9.17, 15) is 27.2 Å². The van der Waals surface area contributed by atoms with Crippen LogP contribution in [0.1, 0.15) is 68.7 Å². The van der Waals surface area contributed by atoms with Crippen molar-refractivity contribution < 1.29 is 45.8 Å². The number of amides is 1. The lowest BCUT2D eigenvalue weighted by Gasteiger charge is -2.22. The average molecular weight is 707 g/mol. The summed E-state index contributed by atoms with van der Waals surface area (Å²) in [6.45, 7) is -6.41. The fraction of sp³-hybridized carbons (Fsp3) is 0.257. The predicted octanol–water partition coefficient (Wildman–Crippen LogP) is 5.82. The molecule has 51 heavy (non-hydrogen) atoms. The van der Waals surface area contributed by atoms with Crippen molar-refractivity contribution in [3.63, 3.8) is 0 Å². The summed E-state index contributed by atoms with van der Waals surface area (Å²) in [4.78, 5) is 42.1. The van der Waals surface area contributed by atoms with Gasteiger partial charge in [0.05, 0.1) is 28.3 Å². The van der Waals surface area contributed by atoms with Gasteiger partial charge in [-0.1, -0.05) is 11.8 Å². The number of halogens is 5. The van der Waals surface area contributed by atoms with Crippen LogP contribution in [-0.2, 0) is 4.74 Å². The standard InChI is InChI=1S/C35H27F5N6O5/c36-25(9-20-16-44-34(41)45-17-20)24-11-22(3-6-28(24)51-33(39)40)30(47)46-26-12-35(7-8-35)13-29(26)49-31(48)23-4-5-27(50-32(37)38)21(10-23)2-1-19-14-42-18-43-15-19/h3-6,9-11,14-18,26,29,32-33H,7-8,12-13H2,(H,46,47)(H2,41,44,45)/b25-9-/t26-,29-/m0/s1. The SMILES string of the molecule is Nc1ncc(/C=C(\F)c2cc(C(=O)N[C@H]3CC4(CC4)C[C@@H]3OC(=O)c3ccc(OC(F)F)c(C#Cc4cncnc4)c3)ccc2OC(F)F)cn1. The largest absolute Gasteiger partial charge is 0.457 e. The Labute approximate surface area is 287 Å². The number of alkyl halides is 4. The molecule has 2 aromatic carbocycles. The molecule has 11 nitrogen and oxygen atoms in total. The molecule has 2 atom stereocenters. The van der Waals surface area contributed by atoms with Gasteiger partial charge in [0.15, 0.2) is 0 Å². The first-order valence-electron chi connectivity index (χ1n) is 15.4. The van der Waals surface area contributed by atoms with Gasteiger partial charge in [0.2, 0.25) is 5.95 Å². The Morgan fingerprint density at radius 1 is 0.902 bits per heavy atom. The van der Waals surface area contributed by atoms with Gasteiger partial charge in [-0.15, -0.1) is 0 Å². The fourth-order valence-corrected chi connectivity index (χ4v) is 5.72. The van der Waals surface area contributed by atoms with E-state index in [1.807, 2.05) is 0 Å². The quantitative estimate of drug-likeness (QED) is 0.117. The van der Waals surface area contributed by atoms with Crippen molar-refractivity contribution in [3.05, 3.63) is 101 Å². The summed E-state index contributed by atoms with van der Waals surface area (Å²) < 4.78 is 82.8. The van der Waals surface area contributed by atoms with E-state index in [-0.39, 0.29) is 39.4 Å². The van der Waals surface area contributed by atoms with Crippen LogP contribution >= 0.6 is 0 Å². The first-order valence-corrected chi connectivity index (χ1v) is 15.4. The number of nitrogens with one attached hydrogen (secondary N) is 1. The van der Waals surface area contributed by atoms with Gasteiger partial charge < -0.3 is 25.3 Å². The summed E-state index contributed by atoms with van der Waals surface area (Å²) in [7, 11) is 0. The second-order valence-electron chi connectivity index (χ2n) is 11.9. The number of esters is 1. The number of nitrogens with two attached hydrogens (primary N) is 1.